The summed E-state index contributed by atoms with van der Waals surface area (Å²) in [4.78, 5) is 19.6. The number of H-pyrrole nitrogens is 1. The fourth-order valence-corrected chi connectivity index (χ4v) is 4.49. The Bertz CT molecular complexity index is 1340. The Labute approximate surface area is 203 Å². The maximum Gasteiger partial charge on any atom is 0.273 e. The van der Waals surface area contributed by atoms with E-state index in [1.807, 2.05) is 66.4 Å². The highest BCUT2D eigenvalue weighted by molar-refractivity contribution is 6.00. The van der Waals surface area contributed by atoms with E-state index in [4.69, 9.17) is 14.2 Å². The molecule has 0 spiro atoms. The maximum atomic E-state index is 13.6. The van der Waals surface area contributed by atoms with E-state index in [1.165, 1.54) is 0 Å². The second kappa shape index (κ2) is 9.50. The molecule has 1 N–H and O–H groups in total. The minimum atomic E-state index is -0.369. The molecule has 1 atom stereocenters. The van der Waals surface area contributed by atoms with E-state index in [0.717, 1.165) is 33.7 Å². The van der Waals surface area contributed by atoms with Gasteiger partial charge < -0.3 is 19.1 Å². The number of nitrogens with one attached hydrogen (secondary N) is 1. The predicted molar refractivity (Wildman–Crippen MR) is 131 cm³/mol. The minimum absolute atomic E-state index is 0.109. The van der Waals surface area contributed by atoms with Crippen LogP contribution in [-0.4, -0.2) is 46.8 Å². The molecule has 0 saturated heterocycles. The lowest BCUT2D eigenvalue weighted by Crippen LogP contribution is -2.29. The van der Waals surface area contributed by atoms with Crippen LogP contribution in [-0.2, 0) is 6.54 Å². The first-order valence-electron chi connectivity index (χ1n) is 11.4. The van der Waals surface area contributed by atoms with Gasteiger partial charge in [-0.1, -0.05) is 6.07 Å². The smallest absolute Gasteiger partial charge is 0.273 e. The molecule has 2 aromatic carbocycles. The third-order valence-corrected chi connectivity index (χ3v) is 6.13. The van der Waals surface area contributed by atoms with Gasteiger partial charge in [0.15, 0.2) is 11.5 Å². The van der Waals surface area contributed by atoms with Crippen LogP contribution in [0.25, 0.3) is 11.3 Å². The average molecular weight is 471 g/mol. The van der Waals surface area contributed by atoms with Crippen LogP contribution in [0.3, 0.4) is 0 Å². The van der Waals surface area contributed by atoms with E-state index in [0.29, 0.717) is 30.3 Å². The van der Waals surface area contributed by atoms with Crippen LogP contribution in [0, 0.1) is 0 Å². The molecule has 178 valence electrons. The summed E-state index contributed by atoms with van der Waals surface area (Å²) in [5, 5.41) is 7.54. The summed E-state index contributed by atoms with van der Waals surface area (Å²) >= 11 is 0. The molecule has 0 fully saturated rings. The lowest BCUT2D eigenvalue weighted by molar-refractivity contribution is 0.0730. The number of fused-ring (bicyclic) bond motifs is 1. The molecule has 3 heterocycles. The van der Waals surface area contributed by atoms with E-state index in [-0.39, 0.29) is 11.9 Å². The number of methoxy groups -OCH3 is 2. The van der Waals surface area contributed by atoms with Crippen LogP contribution in [0.1, 0.15) is 40.1 Å². The van der Waals surface area contributed by atoms with Crippen molar-refractivity contribution in [3.63, 3.8) is 0 Å². The van der Waals surface area contributed by atoms with Gasteiger partial charge in [0.25, 0.3) is 5.91 Å². The summed E-state index contributed by atoms with van der Waals surface area (Å²) in [5.41, 5.74) is 4.84. The van der Waals surface area contributed by atoms with Gasteiger partial charge in [0, 0.05) is 30.1 Å². The number of aromatic nitrogens is 3. The molecule has 35 heavy (non-hydrogen) atoms. The number of carbonyl (C=O) groups is 1. The Balaban J connectivity index is 1.64. The molecule has 0 radical (unpaired) electrons. The monoisotopic (exact) mass is 470 g/mol. The molecule has 0 bridgehead atoms. The van der Waals surface area contributed by atoms with Gasteiger partial charge in [0.1, 0.15) is 11.4 Å². The fraction of sp³-hybridized carbons (Fsp3) is 0.222. The largest absolute Gasteiger partial charge is 0.497 e. The second-order valence-corrected chi connectivity index (χ2v) is 8.12. The first kappa shape index (κ1) is 22.5. The van der Waals surface area contributed by atoms with E-state index in [9.17, 15) is 4.79 Å². The molecule has 1 unspecified atom stereocenters. The average Bonchev–Trinajstić information content (AvgIpc) is 3.44. The van der Waals surface area contributed by atoms with E-state index < -0.39 is 0 Å². The van der Waals surface area contributed by atoms with Crippen LogP contribution in [0.4, 0.5) is 0 Å². The standard InChI is InChI=1S/C27H26N4O4/c1-4-35-21-10-7-19(15-22(21)34-3)26-23-24(18-5-8-20(33-2)9-6-18)29-30-25(23)27(32)31(26)16-17-11-13-28-14-12-17/h5-15,26H,4,16H2,1-3H3,(H,29,30). The topological polar surface area (TPSA) is 89.6 Å². The predicted octanol–water partition coefficient (Wildman–Crippen LogP) is 4.63. The summed E-state index contributed by atoms with van der Waals surface area (Å²) in [7, 11) is 3.24. The number of pyridine rings is 1. The van der Waals surface area contributed by atoms with Gasteiger partial charge in [0.2, 0.25) is 0 Å². The van der Waals surface area contributed by atoms with Gasteiger partial charge in [-0.2, -0.15) is 5.10 Å². The molecular weight excluding hydrogens is 444 g/mol. The summed E-state index contributed by atoms with van der Waals surface area (Å²) in [6, 6.07) is 16.9. The van der Waals surface area contributed by atoms with Gasteiger partial charge in [-0.15, -0.1) is 0 Å². The normalized spacial score (nSPS) is 14.7. The van der Waals surface area contributed by atoms with E-state index >= 15 is 0 Å². The zero-order valence-electron chi connectivity index (χ0n) is 19.8. The van der Waals surface area contributed by atoms with Gasteiger partial charge in [-0.25, -0.2) is 0 Å². The highest BCUT2D eigenvalue weighted by Gasteiger charge is 2.42. The number of aromatic amines is 1. The molecule has 0 aliphatic carbocycles. The highest BCUT2D eigenvalue weighted by Crippen LogP contribution is 2.45. The summed E-state index contributed by atoms with van der Waals surface area (Å²) in [5.74, 6) is 1.92. The molecule has 0 saturated carbocycles. The summed E-state index contributed by atoms with van der Waals surface area (Å²) < 4.78 is 16.6. The Kier molecular flexibility index (Phi) is 6.10. The summed E-state index contributed by atoms with van der Waals surface area (Å²) in [6.45, 7) is 2.88. The fourth-order valence-electron chi connectivity index (χ4n) is 4.49. The van der Waals surface area contributed by atoms with Crippen LogP contribution in [0.15, 0.2) is 67.0 Å². The third kappa shape index (κ3) is 4.07. The number of hydrogen-bond acceptors (Lipinski definition) is 6. The van der Waals surface area contributed by atoms with Crippen LogP contribution in [0.2, 0.25) is 0 Å². The Morgan fingerprint density at radius 3 is 2.43 bits per heavy atom. The van der Waals surface area contributed by atoms with Crippen LogP contribution >= 0.6 is 0 Å². The maximum absolute atomic E-state index is 13.6. The molecule has 1 aliphatic heterocycles. The van der Waals surface area contributed by atoms with Gasteiger partial charge >= 0.3 is 0 Å². The lowest BCUT2D eigenvalue weighted by Gasteiger charge is -2.27. The quantitative estimate of drug-likeness (QED) is 0.404. The van der Waals surface area contributed by atoms with E-state index in [2.05, 4.69) is 15.2 Å². The molecule has 1 amide bonds. The van der Waals surface area contributed by atoms with Crippen molar-refractivity contribution in [3.8, 4) is 28.5 Å². The van der Waals surface area contributed by atoms with Crippen molar-refractivity contribution in [1.29, 1.82) is 0 Å². The number of amides is 1. The van der Waals surface area contributed by atoms with Crippen molar-refractivity contribution < 1.29 is 19.0 Å². The van der Waals surface area contributed by atoms with Crippen molar-refractivity contribution in [3.05, 3.63) is 89.4 Å². The minimum Gasteiger partial charge on any atom is -0.497 e. The zero-order valence-corrected chi connectivity index (χ0v) is 19.8. The van der Waals surface area contributed by atoms with Crippen molar-refractivity contribution in [2.45, 2.75) is 19.5 Å². The van der Waals surface area contributed by atoms with Crippen molar-refractivity contribution in [1.82, 2.24) is 20.1 Å². The number of carbonyl (C=O) groups excluding carboxylic acids is 1. The number of benzene rings is 2. The molecule has 8 heteroatoms. The van der Waals surface area contributed by atoms with Crippen LogP contribution < -0.4 is 14.2 Å². The van der Waals surface area contributed by atoms with Crippen molar-refractivity contribution in [2.75, 3.05) is 20.8 Å². The first-order valence-corrected chi connectivity index (χ1v) is 11.4. The van der Waals surface area contributed by atoms with Gasteiger partial charge in [-0.3, -0.25) is 14.9 Å². The van der Waals surface area contributed by atoms with E-state index in [1.54, 1.807) is 26.6 Å². The highest BCUT2D eigenvalue weighted by atomic mass is 16.5. The third-order valence-electron chi connectivity index (χ3n) is 6.13. The van der Waals surface area contributed by atoms with Gasteiger partial charge in [0.05, 0.1) is 32.6 Å². The number of hydrogen-bond donors (Lipinski definition) is 1. The van der Waals surface area contributed by atoms with Crippen LogP contribution in [0.5, 0.6) is 17.2 Å². The molecular formula is C27H26N4O4. The van der Waals surface area contributed by atoms with Crippen molar-refractivity contribution >= 4 is 5.91 Å². The molecule has 8 nitrogen and oxygen atoms in total. The first-order chi connectivity index (χ1) is 17.1. The lowest BCUT2D eigenvalue weighted by atomic mass is 9.95. The number of ether oxygens (including phenoxy) is 3. The summed E-state index contributed by atoms with van der Waals surface area (Å²) in [6.07, 6.45) is 3.46. The molecule has 1 aliphatic rings. The SMILES string of the molecule is CCOc1ccc(C2c3c(-c4ccc(OC)cc4)n[nH]c3C(=O)N2Cc2ccncc2)cc1OC. The van der Waals surface area contributed by atoms with Crippen molar-refractivity contribution in [2.24, 2.45) is 0 Å². The molecule has 2 aromatic heterocycles. The Morgan fingerprint density at radius 2 is 1.74 bits per heavy atom. The number of rotatable bonds is 8. The van der Waals surface area contributed by atoms with Gasteiger partial charge in [-0.05, 0) is 66.6 Å². The number of nitrogens with zero attached hydrogens (tertiary/aromatic N) is 3. The Morgan fingerprint density at radius 1 is 0.971 bits per heavy atom. The molecule has 4 aromatic rings. The second-order valence-electron chi connectivity index (χ2n) is 8.12. The zero-order chi connectivity index (χ0) is 24.4. The Hall–Kier alpha value is -4.33. The molecule has 5 rings (SSSR count).